The van der Waals surface area contributed by atoms with Crippen LogP contribution in [0.3, 0.4) is 0 Å². The summed E-state index contributed by atoms with van der Waals surface area (Å²) in [5, 5.41) is 10.8. The van der Waals surface area contributed by atoms with E-state index in [1.54, 1.807) is 0 Å². The van der Waals surface area contributed by atoms with Crippen molar-refractivity contribution in [3.05, 3.63) is 35.9 Å². The molecule has 1 heteroatoms. The SMILES string of the molecule is OC1C2CCC(C2)C12CCCC2c1ccccc1. The molecule has 1 nitrogen and oxygen atoms in total. The van der Waals surface area contributed by atoms with Gasteiger partial charge in [-0.1, -0.05) is 36.8 Å². The van der Waals surface area contributed by atoms with Crippen LogP contribution in [-0.2, 0) is 0 Å². The number of hydrogen-bond acceptors (Lipinski definition) is 1. The maximum absolute atomic E-state index is 10.8. The lowest BCUT2D eigenvalue weighted by atomic mass is 9.63. The summed E-state index contributed by atoms with van der Waals surface area (Å²) in [6, 6.07) is 11.0. The van der Waals surface area contributed by atoms with Gasteiger partial charge in [-0.05, 0) is 55.4 Å². The molecule has 3 aliphatic rings. The normalized spacial score (nSPS) is 46.1. The van der Waals surface area contributed by atoms with Gasteiger partial charge in [-0.25, -0.2) is 0 Å². The van der Waals surface area contributed by atoms with E-state index in [1.165, 1.54) is 44.1 Å². The van der Waals surface area contributed by atoms with Gasteiger partial charge >= 0.3 is 0 Å². The van der Waals surface area contributed by atoms with Crippen molar-refractivity contribution >= 4 is 0 Å². The third-order valence-corrected chi connectivity index (χ3v) is 6.18. The molecule has 1 N–H and O–H groups in total. The van der Waals surface area contributed by atoms with Gasteiger partial charge in [0.2, 0.25) is 0 Å². The molecule has 3 aliphatic carbocycles. The van der Waals surface area contributed by atoms with Gasteiger partial charge in [-0.2, -0.15) is 0 Å². The highest BCUT2D eigenvalue weighted by atomic mass is 16.3. The predicted octanol–water partition coefficient (Wildman–Crippen LogP) is 3.73. The molecule has 0 aliphatic heterocycles. The van der Waals surface area contributed by atoms with E-state index in [1.807, 2.05) is 0 Å². The minimum atomic E-state index is -0.0241. The number of rotatable bonds is 1. The van der Waals surface area contributed by atoms with Gasteiger partial charge in [-0.15, -0.1) is 0 Å². The Kier molecular flexibility index (Phi) is 2.35. The van der Waals surface area contributed by atoms with Crippen molar-refractivity contribution in [3.8, 4) is 0 Å². The lowest BCUT2D eigenvalue weighted by Gasteiger charge is -2.43. The zero-order valence-corrected chi connectivity index (χ0v) is 10.9. The topological polar surface area (TPSA) is 20.2 Å². The summed E-state index contributed by atoms with van der Waals surface area (Å²) in [7, 11) is 0. The van der Waals surface area contributed by atoms with Gasteiger partial charge in [0.1, 0.15) is 0 Å². The largest absolute Gasteiger partial charge is 0.392 e. The zero-order valence-electron chi connectivity index (χ0n) is 10.9. The molecule has 4 rings (SSSR count). The molecule has 0 aromatic heterocycles. The smallest absolute Gasteiger partial charge is 0.0633 e. The molecule has 0 amide bonds. The predicted molar refractivity (Wildman–Crippen MR) is 72.3 cm³/mol. The first kappa shape index (κ1) is 11.0. The highest BCUT2D eigenvalue weighted by molar-refractivity contribution is 5.27. The van der Waals surface area contributed by atoms with E-state index in [0.29, 0.717) is 11.8 Å². The summed E-state index contributed by atoms with van der Waals surface area (Å²) >= 11 is 0. The fourth-order valence-electron chi connectivity index (χ4n) is 5.53. The number of benzene rings is 1. The van der Waals surface area contributed by atoms with E-state index in [0.717, 1.165) is 5.92 Å². The standard InChI is InChI=1S/C17H22O/c18-16-13-8-9-14(11-13)17(16)10-4-7-15(17)12-5-2-1-3-6-12/h1-3,5-6,13-16,18H,4,7-11H2. The van der Waals surface area contributed by atoms with Crippen LogP contribution in [0.4, 0.5) is 0 Å². The quantitative estimate of drug-likeness (QED) is 0.795. The maximum atomic E-state index is 10.8. The van der Waals surface area contributed by atoms with Crippen LogP contribution in [-0.4, -0.2) is 11.2 Å². The molecule has 1 spiro atoms. The van der Waals surface area contributed by atoms with E-state index in [4.69, 9.17) is 0 Å². The van der Waals surface area contributed by atoms with Crippen LogP contribution in [0.2, 0.25) is 0 Å². The lowest BCUT2D eigenvalue weighted by molar-refractivity contribution is -0.0280. The van der Waals surface area contributed by atoms with Crippen LogP contribution in [0.1, 0.15) is 50.0 Å². The summed E-state index contributed by atoms with van der Waals surface area (Å²) in [5.41, 5.74) is 1.71. The number of fused-ring (bicyclic) bond motifs is 3. The van der Waals surface area contributed by atoms with E-state index >= 15 is 0 Å². The maximum Gasteiger partial charge on any atom is 0.0633 e. The number of aliphatic hydroxyl groups is 1. The zero-order chi connectivity index (χ0) is 12.2. The molecule has 5 atom stereocenters. The second-order valence-electron chi connectivity index (χ2n) is 6.68. The summed E-state index contributed by atoms with van der Waals surface area (Å²) in [6.45, 7) is 0. The highest BCUT2D eigenvalue weighted by Crippen LogP contribution is 2.67. The van der Waals surface area contributed by atoms with E-state index in [2.05, 4.69) is 30.3 Å². The lowest BCUT2D eigenvalue weighted by Crippen LogP contribution is -2.42. The van der Waals surface area contributed by atoms with Crippen LogP contribution in [0.15, 0.2) is 30.3 Å². The van der Waals surface area contributed by atoms with Crippen molar-refractivity contribution in [2.75, 3.05) is 0 Å². The van der Waals surface area contributed by atoms with Gasteiger partial charge in [0.05, 0.1) is 6.10 Å². The molecule has 0 heterocycles. The molecule has 18 heavy (non-hydrogen) atoms. The van der Waals surface area contributed by atoms with Crippen LogP contribution < -0.4 is 0 Å². The molecule has 0 radical (unpaired) electrons. The van der Waals surface area contributed by atoms with E-state index in [9.17, 15) is 5.11 Å². The molecule has 1 aromatic rings. The second kappa shape index (κ2) is 3.84. The Balaban J connectivity index is 1.76. The van der Waals surface area contributed by atoms with Crippen LogP contribution in [0.25, 0.3) is 0 Å². The van der Waals surface area contributed by atoms with Crippen LogP contribution >= 0.6 is 0 Å². The monoisotopic (exact) mass is 242 g/mol. The van der Waals surface area contributed by atoms with Gasteiger partial charge in [-0.3, -0.25) is 0 Å². The minimum Gasteiger partial charge on any atom is -0.392 e. The number of hydrogen-bond donors (Lipinski definition) is 1. The Morgan fingerprint density at radius 1 is 1.06 bits per heavy atom. The average molecular weight is 242 g/mol. The van der Waals surface area contributed by atoms with Crippen molar-refractivity contribution in [2.45, 2.75) is 50.5 Å². The fraction of sp³-hybridized carbons (Fsp3) is 0.647. The van der Waals surface area contributed by atoms with Crippen LogP contribution in [0, 0.1) is 17.3 Å². The Bertz CT molecular complexity index is 436. The van der Waals surface area contributed by atoms with Gasteiger partial charge in [0, 0.05) is 5.41 Å². The Morgan fingerprint density at radius 2 is 1.89 bits per heavy atom. The molecule has 0 saturated heterocycles. The van der Waals surface area contributed by atoms with Crippen molar-refractivity contribution in [2.24, 2.45) is 17.3 Å². The van der Waals surface area contributed by atoms with Crippen LogP contribution in [0.5, 0.6) is 0 Å². The average Bonchev–Trinajstić information content (AvgIpc) is 3.10. The van der Waals surface area contributed by atoms with Crippen molar-refractivity contribution in [1.82, 2.24) is 0 Å². The van der Waals surface area contributed by atoms with Crippen molar-refractivity contribution in [3.63, 3.8) is 0 Å². The number of aliphatic hydroxyl groups excluding tert-OH is 1. The van der Waals surface area contributed by atoms with Crippen molar-refractivity contribution in [1.29, 1.82) is 0 Å². The highest BCUT2D eigenvalue weighted by Gasteiger charge is 2.62. The van der Waals surface area contributed by atoms with Gasteiger partial charge < -0.3 is 5.11 Å². The third kappa shape index (κ3) is 1.26. The molecular weight excluding hydrogens is 220 g/mol. The van der Waals surface area contributed by atoms with Gasteiger partial charge in [0.25, 0.3) is 0 Å². The minimum absolute atomic E-state index is 0.0241. The first-order chi connectivity index (χ1) is 8.82. The molecule has 1 aromatic carbocycles. The molecule has 2 bridgehead atoms. The summed E-state index contributed by atoms with van der Waals surface area (Å²) in [4.78, 5) is 0. The Labute approximate surface area is 109 Å². The Morgan fingerprint density at radius 3 is 2.61 bits per heavy atom. The van der Waals surface area contributed by atoms with E-state index < -0.39 is 0 Å². The Hall–Kier alpha value is -0.820. The van der Waals surface area contributed by atoms with Crippen molar-refractivity contribution < 1.29 is 5.11 Å². The van der Waals surface area contributed by atoms with E-state index in [-0.39, 0.29) is 11.5 Å². The third-order valence-electron chi connectivity index (χ3n) is 6.18. The molecule has 96 valence electrons. The van der Waals surface area contributed by atoms with Gasteiger partial charge in [0.15, 0.2) is 0 Å². The second-order valence-corrected chi connectivity index (χ2v) is 6.68. The summed E-state index contributed by atoms with van der Waals surface area (Å²) in [5.74, 6) is 2.02. The molecular formula is C17H22O. The first-order valence-corrected chi connectivity index (χ1v) is 7.55. The molecule has 3 saturated carbocycles. The molecule has 3 fully saturated rings. The summed E-state index contributed by atoms with van der Waals surface area (Å²) < 4.78 is 0. The first-order valence-electron chi connectivity index (χ1n) is 7.55. The summed E-state index contributed by atoms with van der Waals surface area (Å²) in [6.07, 6.45) is 7.76. The molecule has 5 unspecified atom stereocenters. The fourth-order valence-corrected chi connectivity index (χ4v) is 5.53.